The lowest BCUT2D eigenvalue weighted by molar-refractivity contribution is -0.384. The van der Waals surface area contributed by atoms with Crippen molar-refractivity contribution in [1.82, 2.24) is 20.1 Å². The Bertz CT molecular complexity index is 1360. The number of nitro benzene ring substituents is 1. The van der Waals surface area contributed by atoms with E-state index in [2.05, 4.69) is 34.6 Å². The van der Waals surface area contributed by atoms with E-state index in [0.29, 0.717) is 28.0 Å². The standard InChI is InChI=1S/C26H24ClN5O3S/c1-17-8-6-7-11-20(17)16-36-26-30-29-24(31(26)21-12-14-22(15-13-21)32(34)35)18(2)28-25(33)23(27)19-9-4-3-5-10-19/h3-15,18,23H,16H2,1-2H3,(H,28,33). The van der Waals surface area contributed by atoms with Gasteiger partial charge in [-0.05, 0) is 42.7 Å². The van der Waals surface area contributed by atoms with Gasteiger partial charge in [-0.2, -0.15) is 0 Å². The van der Waals surface area contributed by atoms with Crippen molar-refractivity contribution in [3.05, 3.63) is 111 Å². The monoisotopic (exact) mass is 521 g/mol. The number of carbonyl (C=O) groups is 1. The van der Waals surface area contributed by atoms with Gasteiger partial charge in [0.15, 0.2) is 11.0 Å². The average molecular weight is 522 g/mol. The number of nitrogens with zero attached hydrogens (tertiary/aromatic N) is 4. The highest BCUT2D eigenvalue weighted by molar-refractivity contribution is 7.98. The molecule has 0 radical (unpaired) electrons. The molecule has 1 N–H and O–H groups in total. The number of aryl methyl sites for hydroxylation is 1. The first kappa shape index (κ1) is 25.4. The van der Waals surface area contributed by atoms with E-state index >= 15 is 0 Å². The number of amides is 1. The van der Waals surface area contributed by atoms with Crippen molar-refractivity contribution in [2.45, 2.75) is 36.2 Å². The molecule has 0 spiro atoms. The lowest BCUT2D eigenvalue weighted by atomic mass is 10.1. The number of aromatic nitrogens is 3. The van der Waals surface area contributed by atoms with Crippen molar-refractivity contribution < 1.29 is 9.72 Å². The number of hydrogen-bond acceptors (Lipinski definition) is 6. The summed E-state index contributed by atoms with van der Waals surface area (Å²) >= 11 is 7.90. The summed E-state index contributed by atoms with van der Waals surface area (Å²) in [5.41, 5.74) is 3.66. The number of alkyl halides is 1. The van der Waals surface area contributed by atoms with Crippen LogP contribution in [0.2, 0.25) is 0 Å². The molecule has 36 heavy (non-hydrogen) atoms. The summed E-state index contributed by atoms with van der Waals surface area (Å²) in [6, 6.07) is 22.8. The second-order valence-corrected chi connectivity index (χ2v) is 9.55. The summed E-state index contributed by atoms with van der Waals surface area (Å²) in [5, 5.41) is 22.6. The van der Waals surface area contributed by atoms with E-state index in [9.17, 15) is 14.9 Å². The first-order chi connectivity index (χ1) is 17.3. The molecule has 3 aromatic carbocycles. The van der Waals surface area contributed by atoms with Gasteiger partial charge in [-0.3, -0.25) is 19.5 Å². The predicted molar refractivity (Wildman–Crippen MR) is 140 cm³/mol. The Balaban J connectivity index is 1.63. The molecule has 2 atom stereocenters. The Hall–Kier alpha value is -3.69. The number of thioether (sulfide) groups is 1. The molecular formula is C26H24ClN5O3S. The topological polar surface area (TPSA) is 103 Å². The van der Waals surface area contributed by atoms with Gasteiger partial charge < -0.3 is 5.32 Å². The lowest BCUT2D eigenvalue weighted by Crippen LogP contribution is -2.31. The fourth-order valence-electron chi connectivity index (χ4n) is 3.66. The summed E-state index contributed by atoms with van der Waals surface area (Å²) < 4.78 is 1.81. The minimum Gasteiger partial charge on any atom is -0.345 e. The van der Waals surface area contributed by atoms with Crippen molar-refractivity contribution in [2.75, 3.05) is 0 Å². The molecule has 184 valence electrons. The summed E-state index contributed by atoms with van der Waals surface area (Å²) in [5.74, 6) is 0.792. The first-order valence-electron chi connectivity index (χ1n) is 11.2. The molecule has 0 saturated carbocycles. The van der Waals surface area contributed by atoms with Gasteiger partial charge in [0, 0.05) is 23.6 Å². The molecule has 0 aliphatic heterocycles. The zero-order chi connectivity index (χ0) is 25.7. The largest absolute Gasteiger partial charge is 0.345 e. The van der Waals surface area contributed by atoms with Crippen LogP contribution < -0.4 is 5.32 Å². The molecule has 8 nitrogen and oxygen atoms in total. The molecule has 0 bridgehead atoms. The van der Waals surface area contributed by atoms with Crippen LogP contribution in [0.4, 0.5) is 5.69 Å². The highest BCUT2D eigenvalue weighted by Crippen LogP contribution is 2.30. The molecule has 1 heterocycles. The van der Waals surface area contributed by atoms with E-state index in [1.807, 2.05) is 34.9 Å². The number of benzene rings is 3. The molecule has 1 amide bonds. The van der Waals surface area contributed by atoms with E-state index in [1.165, 1.54) is 29.5 Å². The molecule has 10 heteroatoms. The van der Waals surface area contributed by atoms with Crippen molar-refractivity contribution in [3.8, 4) is 5.69 Å². The Morgan fingerprint density at radius 3 is 2.39 bits per heavy atom. The van der Waals surface area contributed by atoms with E-state index in [0.717, 1.165) is 5.56 Å². The summed E-state index contributed by atoms with van der Waals surface area (Å²) in [6.07, 6.45) is 0. The maximum Gasteiger partial charge on any atom is 0.269 e. The zero-order valence-corrected chi connectivity index (χ0v) is 21.2. The van der Waals surface area contributed by atoms with Crippen LogP contribution in [0.15, 0.2) is 84.0 Å². The third kappa shape index (κ3) is 5.75. The molecule has 0 aliphatic rings. The van der Waals surface area contributed by atoms with Crippen LogP contribution in [-0.2, 0) is 10.5 Å². The number of nitrogens with one attached hydrogen (secondary N) is 1. The Morgan fingerprint density at radius 1 is 1.06 bits per heavy atom. The van der Waals surface area contributed by atoms with Gasteiger partial charge in [0.05, 0.1) is 11.0 Å². The van der Waals surface area contributed by atoms with Gasteiger partial charge in [0.2, 0.25) is 5.91 Å². The maximum atomic E-state index is 12.9. The van der Waals surface area contributed by atoms with Crippen molar-refractivity contribution in [3.63, 3.8) is 0 Å². The van der Waals surface area contributed by atoms with E-state index in [-0.39, 0.29) is 11.6 Å². The molecule has 4 aromatic rings. The van der Waals surface area contributed by atoms with Crippen molar-refractivity contribution >= 4 is 35.0 Å². The Labute approximate surface area is 217 Å². The van der Waals surface area contributed by atoms with Crippen LogP contribution in [0.5, 0.6) is 0 Å². The fourth-order valence-corrected chi connectivity index (χ4v) is 4.90. The second-order valence-electron chi connectivity index (χ2n) is 8.17. The average Bonchev–Trinajstić information content (AvgIpc) is 3.32. The number of carbonyl (C=O) groups excluding carboxylic acids is 1. The molecule has 1 aromatic heterocycles. The molecular weight excluding hydrogens is 498 g/mol. The van der Waals surface area contributed by atoms with Crippen LogP contribution in [0, 0.1) is 17.0 Å². The Morgan fingerprint density at radius 2 is 1.72 bits per heavy atom. The minimum absolute atomic E-state index is 0.0170. The quantitative estimate of drug-likeness (QED) is 0.127. The van der Waals surface area contributed by atoms with E-state index in [4.69, 9.17) is 11.6 Å². The zero-order valence-electron chi connectivity index (χ0n) is 19.7. The van der Waals surface area contributed by atoms with E-state index < -0.39 is 16.3 Å². The van der Waals surface area contributed by atoms with Crippen LogP contribution in [0.3, 0.4) is 0 Å². The van der Waals surface area contributed by atoms with Gasteiger partial charge in [-0.25, -0.2) is 0 Å². The smallest absolute Gasteiger partial charge is 0.269 e. The normalized spacial score (nSPS) is 12.6. The van der Waals surface area contributed by atoms with Gasteiger partial charge in [-0.15, -0.1) is 21.8 Å². The SMILES string of the molecule is Cc1ccccc1CSc1nnc(C(C)NC(=O)C(Cl)c2ccccc2)n1-c1ccc([N+](=O)[O-])cc1. The van der Waals surface area contributed by atoms with Crippen LogP contribution in [0.25, 0.3) is 5.69 Å². The summed E-state index contributed by atoms with van der Waals surface area (Å²) in [7, 11) is 0. The number of halogens is 1. The van der Waals surface area contributed by atoms with E-state index in [1.54, 1.807) is 31.2 Å². The highest BCUT2D eigenvalue weighted by atomic mass is 35.5. The Kier molecular flexibility index (Phi) is 8.02. The molecule has 0 saturated heterocycles. The molecule has 4 rings (SSSR count). The van der Waals surface area contributed by atoms with Gasteiger partial charge in [0.25, 0.3) is 5.69 Å². The molecule has 0 aliphatic carbocycles. The summed E-state index contributed by atoms with van der Waals surface area (Å²) in [4.78, 5) is 23.6. The van der Waals surface area contributed by atoms with Crippen LogP contribution in [0.1, 0.15) is 40.9 Å². The predicted octanol–water partition coefficient (Wildman–Crippen LogP) is 5.93. The highest BCUT2D eigenvalue weighted by Gasteiger charge is 2.25. The van der Waals surface area contributed by atoms with Gasteiger partial charge in [0.1, 0.15) is 5.38 Å². The summed E-state index contributed by atoms with van der Waals surface area (Å²) in [6.45, 7) is 3.85. The third-order valence-corrected chi connectivity index (χ3v) is 7.09. The van der Waals surface area contributed by atoms with Crippen molar-refractivity contribution in [2.24, 2.45) is 0 Å². The number of rotatable bonds is 9. The molecule has 2 unspecified atom stereocenters. The van der Waals surface area contributed by atoms with Crippen LogP contribution in [-0.4, -0.2) is 25.6 Å². The second kappa shape index (κ2) is 11.4. The maximum absolute atomic E-state index is 12.9. The minimum atomic E-state index is -0.862. The van der Waals surface area contributed by atoms with Crippen LogP contribution >= 0.6 is 23.4 Å². The third-order valence-electron chi connectivity index (χ3n) is 5.66. The van der Waals surface area contributed by atoms with Gasteiger partial charge in [-0.1, -0.05) is 66.4 Å². The molecule has 0 fully saturated rings. The lowest BCUT2D eigenvalue weighted by Gasteiger charge is -2.18. The van der Waals surface area contributed by atoms with Crippen molar-refractivity contribution in [1.29, 1.82) is 0 Å². The first-order valence-corrected chi connectivity index (χ1v) is 12.6. The fraction of sp³-hybridized carbons (Fsp3) is 0.192. The number of nitro groups is 1. The van der Waals surface area contributed by atoms with Gasteiger partial charge >= 0.3 is 0 Å². The number of hydrogen-bond donors (Lipinski definition) is 1. The number of non-ortho nitro benzene ring substituents is 1.